The van der Waals surface area contributed by atoms with Gasteiger partial charge in [-0.3, -0.25) is 0 Å². The van der Waals surface area contributed by atoms with E-state index in [2.05, 4.69) is 13.2 Å². The quantitative estimate of drug-likeness (QED) is 0.566. The Morgan fingerprint density at radius 1 is 1.15 bits per heavy atom. The van der Waals surface area contributed by atoms with Crippen molar-refractivity contribution < 1.29 is 4.39 Å². The van der Waals surface area contributed by atoms with Crippen molar-refractivity contribution in [3.8, 4) is 0 Å². The fourth-order valence-electron chi connectivity index (χ4n) is 1.71. The Balaban J connectivity index is 2.62. The zero-order valence-corrected chi connectivity index (χ0v) is 7.44. The van der Waals surface area contributed by atoms with Crippen LogP contribution in [0.25, 0.3) is 5.57 Å². The molecule has 1 aromatic carbocycles. The minimum Gasteiger partial charge on any atom is -0.207 e. The number of halogens is 1. The van der Waals surface area contributed by atoms with Crippen LogP contribution in [0.3, 0.4) is 0 Å². The molecule has 0 aliphatic heterocycles. The summed E-state index contributed by atoms with van der Waals surface area (Å²) >= 11 is 0. The molecule has 0 heterocycles. The lowest BCUT2D eigenvalue weighted by atomic mass is 9.85. The molecule has 0 N–H and O–H groups in total. The molecule has 13 heavy (non-hydrogen) atoms. The third kappa shape index (κ3) is 1.21. The van der Waals surface area contributed by atoms with Gasteiger partial charge in [0.25, 0.3) is 0 Å². The molecule has 0 bridgehead atoms. The molecule has 0 fully saturated rings. The van der Waals surface area contributed by atoms with Gasteiger partial charge < -0.3 is 0 Å². The van der Waals surface area contributed by atoms with E-state index in [-0.39, 0.29) is 5.82 Å². The van der Waals surface area contributed by atoms with Crippen molar-refractivity contribution >= 4 is 5.57 Å². The summed E-state index contributed by atoms with van der Waals surface area (Å²) in [6.45, 7) is 7.81. The van der Waals surface area contributed by atoms with Gasteiger partial charge in [0.2, 0.25) is 0 Å². The highest BCUT2D eigenvalue weighted by atomic mass is 19.1. The van der Waals surface area contributed by atoms with Crippen LogP contribution in [0.15, 0.2) is 36.9 Å². The smallest absolute Gasteiger partial charge is 0.127 e. The van der Waals surface area contributed by atoms with Crippen LogP contribution in [0.2, 0.25) is 0 Å². The highest BCUT2D eigenvalue weighted by Gasteiger charge is 2.17. The molecular weight excluding hydrogens is 163 g/mol. The van der Waals surface area contributed by atoms with Crippen LogP contribution in [-0.2, 0) is 6.42 Å². The van der Waals surface area contributed by atoms with Crippen molar-refractivity contribution in [2.24, 2.45) is 0 Å². The maximum absolute atomic E-state index is 13.3. The average molecular weight is 174 g/mol. The summed E-state index contributed by atoms with van der Waals surface area (Å²) in [7, 11) is 0. The molecule has 0 unspecified atom stereocenters. The predicted octanol–water partition coefficient (Wildman–Crippen LogP) is 3.34. The first-order valence-electron chi connectivity index (χ1n) is 4.35. The summed E-state index contributed by atoms with van der Waals surface area (Å²) in [5.74, 6) is -0.119. The van der Waals surface area contributed by atoms with E-state index in [4.69, 9.17) is 0 Å². The van der Waals surface area contributed by atoms with Crippen LogP contribution >= 0.6 is 0 Å². The molecule has 0 saturated heterocycles. The maximum Gasteiger partial charge on any atom is 0.127 e. The molecule has 0 radical (unpaired) electrons. The molecular formula is C12H11F. The molecule has 0 atom stereocenters. The first kappa shape index (κ1) is 8.24. The highest BCUT2D eigenvalue weighted by molar-refractivity contribution is 5.80. The van der Waals surface area contributed by atoms with Gasteiger partial charge in [-0.15, -0.1) is 0 Å². The SMILES string of the molecule is C=C1CCc2c(F)cccc2C1=C. The molecule has 2 rings (SSSR count). The molecule has 1 aromatic rings. The average Bonchev–Trinajstić information content (AvgIpc) is 2.12. The lowest BCUT2D eigenvalue weighted by Gasteiger charge is -2.20. The lowest BCUT2D eigenvalue weighted by molar-refractivity contribution is 0.606. The monoisotopic (exact) mass is 174 g/mol. The van der Waals surface area contributed by atoms with E-state index in [1.54, 1.807) is 6.07 Å². The van der Waals surface area contributed by atoms with Crippen LogP contribution in [-0.4, -0.2) is 0 Å². The number of hydrogen-bond acceptors (Lipinski definition) is 0. The van der Waals surface area contributed by atoms with E-state index in [1.807, 2.05) is 6.07 Å². The van der Waals surface area contributed by atoms with Crippen LogP contribution in [0.4, 0.5) is 4.39 Å². The summed E-state index contributed by atoms with van der Waals surface area (Å²) in [6.07, 6.45) is 1.58. The number of allylic oxidation sites excluding steroid dienone is 2. The Bertz CT molecular complexity index is 388. The topological polar surface area (TPSA) is 0 Å². The summed E-state index contributed by atoms with van der Waals surface area (Å²) in [6, 6.07) is 5.13. The minimum atomic E-state index is -0.119. The Morgan fingerprint density at radius 3 is 2.69 bits per heavy atom. The minimum absolute atomic E-state index is 0.119. The van der Waals surface area contributed by atoms with Crippen molar-refractivity contribution in [3.05, 3.63) is 53.9 Å². The molecule has 1 aliphatic rings. The largest absolute Gasteiger partial charge is 0.207 e. The molecule has 1 heteroatoms. The van der Waals surface area contributed by atoms with Gasteiger partial charge in [-0.25, -0.2) is 4.39 Å². The van der Waals surface area contributed by atoms with Crippen molar-refractivity contribution in [3.63, 3.8) is 0 Å². The maximum atomic E-state index is 13.3. The van der Waals surface area contributed by atoms with Crippen molar-refractivity contribution in [1.82, 2.24) is 0 Å². The van der Waals surface area contributed by atoms with Gasteiger partial charge in [0.1, 0.15) is 5.82 Å². The predicted molar refractivity (Wildman–Crippen MR) is 52.9 cm³/mol. The van der Waals surface area contributed by atoms with Gasteiger partial charge in [-0.1, -0.05) is 25.3 Å². The zero-order valence-electron chi connectivity index (χ0n) is 7.44. The fourth-order valence-corrected chi connectivity index (χ4v) is 1.71. The second-order valence-electron chi connectivity index (χ2n) is 3.35. The number of hydrogen-bond donors (Lipinski definition) is 0. The van der Waals surface area contributed by atoms with Gasteiger partial charge >= 0.3 is 0 Å². The van der Waals surface area contributed by atoms with Gasteiger partial charge in [0.15, 0.2) is 0 Å². The lowest BCUT2D eigenvalue weighted by Crippen LogP contribution is -2.05. The Hall–Kier alpha value is -1.37. The summed E-state index contributed by atoms with van der Waals surface area (Å²) in [5.41, 5.74) is 3.63. The second-order valence-corrected chi connectivity index (χ2v) is 3.35. The normalized spacial score (nSPS) is 15.8. The summed E-state index contributed by atoms with van der Waals surface area (Å²) in [4.78, 5) is 0. The third-order valence-electron chi connectivity index (χ3n) is 2.55. The molecule has 0 saturated carbocycles. The van der Waals surface area contributed by atoms with Crippen LogP contribution < -0.4 is 0 Å². The first-order chi connectivity index (χ1) is 6.20. The van der Waals surface area contributed by atoms with Crippen molar-refractivity contribution in [2.75, 3.05) is 0 Å². The van der Waals surface area contributed by atoms with E-state index in [9.17, 15) is 4.39 Å². The van der Waals surface area contributed by atoms with E-state index in [0.717, 1.165) is 35.1 Å². The van der Waals surface area contributed by atoms with Gasteiger partial charge in [-0.2, -0.15) is 0 Å². The zero-order chi connectivity index (χ0) is 9.42. The second kappa shape index (κ2) is 2.84. The summed E-state index contributed by atoms with van der Waals surface area (Å²) in [5, 5.41) is 0. The summed E-state index contributed by atoms with van der Waals surface area (Å²) < 4.78 is 13.3. The standard InChI is InChI=1S/C12H11F/c1-8-6-7-11-10(9(8)2)4-3-5-12(11)13/h3-5H,1-2,6-7H2. The first-order valence-corrected chi connectivity index (χ1v) is 4.35. The van der Waals surface area contributed by atoms with Crippen molar-refractivity contribution in [2.45, 2.75) is 12.8 Å². The van der Waals surface area contributed by atoms with E-state index < -0.39 is 0 Å². The molecule has 0 nitrogen and oxygen atoms in total. The Kier molecular flexibility index (Phi) is 1.80. The van der Waals surface area contributed by atoms with Gasteiger partial charge in [0.05, 0.1) is 0 Å². The van der Waals surface area contributed by atoms with E-state index >= 15 is 0 Å². The number of fused-ring (bicyclic) bond motifs is 1. The van der Waals surface area contributed by atoms with Crippen LogP contribution in [0.1, 0.15) is 17.5 Å². The molecule has 0 spiro atoms. The van der Waals surface area contributed by atoms with Crippen LogP contribution in [0, 0.1) is 5.82 Å². The van der Waals surface area contributed by atoms with Gasteiger partial charge in [0, 0.05) is 0 Å². The molecule has 0 amide bonds. The molecule has 0 aromatic heterocycles. The van der Waals surface area contributed by atoms with Crippen LogP contribution in [0.5, 0.6) is 0 Å². The van der Waals surface area contributed by atoms with E-state index in [0.29, 0.717) is 0 Å². The molecule has 66 valence electrons. The Labute approximate surface area is 77.4 Å². The van der Waals surface area contributed by atoms with E-state index in [1.165, 1.54) is 6.07 Å². The number of rotatable bonds is 0. The van der Waals surface area contributed by atoms with Crippen molar-refractivity contribution in [1.29, 1.82) is 0 Å². The third-order valence-corrected chi connectivity index (χ3v) is 2.55. The highest BCUT2D eigenvalue weighted by Crippen LogP contribution is 2.33. The Morgan fingerprint density at radius 2 is 1.92 bits per heavy atom. The number of benzene rings is 1. The molecule has 1 aliphatic carbocycles. The van der Waals surface area contributed by atoms with Gasteiger partial charge in [-0.05, 0) is 41.2 Å². The fraction of sp³-hybridized carbons (Fsp3) is 0.167.